The number of rotatable bonds is 6. The van der Waals surface area contributed by atoms with Gasteiger partial charge >= 0.3 is 0 Å². The fourth-order valence-electron chi connectivity index (χ4n) is 3.49. The van der Waals surface area contributed by atoms with Gasteiger partial charge in [0.1, 0.15) is 0 Å². The largest absolute Gasteiger partial charge is 0.379 e. The first kappa shape index (κ1) is 21.9. The van der Waals surface area contributed by atoms with Crippen LogP contribution in [0.25, 0.3) is 0 Å². The normalized spacial score (nSPS) is 25.0. The van der Waals surface area contributed by atoms with E-state index in [2.05, 4.69) is 39.3 Å². The molecule has 142 valence electrons. The molecule has 0 bridgehead atoms. The van der Waals surface area contributed by atoms with E-state index in [-0.39, 0.29) is 24.0 Å². The molecule has 0 radical (unpaired) electrons. The average molecular weight is 453 g/mol. The van der Waals surface area contributed by atoms with Gasteiger partial charge in [0.15, 0.2) is 5.96 Å². The number of aliphatic imine (C=N–C) groups is 1. The van der Waals surface area contributed by atoms with Crippen LogP contribution in [0.2, 0.25) is 0 Å². The Morgan fingerprint density at radius 3 is 2.62 bits per heavy atom. The molecule has 0 spiro atoms. The van der Waals surface area contributed by atoms with Crippen molar-refractivity contribution in [1.82, 2.24) is 20.4 Å². The van der Waals surface area contributed by atoms with E-state index in [0.29, 0.717) is 12.1 Å². The van der Waals surface area contributed by atoms with Gasteiger partial charge in [-0.2, -0.15) is 0 Å². The lowest BCUT2D eigenvalue weighted by Gasteiger charge is -2.38. The Balaban J connectivity index is 0.00000288. The lowest BCUT2D eigenvalue weighted by molar-refractivity contribution is -0.0174. The summed E-state index contributed by atoms with van der Waals surface area (Å²) in [6, 6.07) is 0.976. The number of ether oxygens (including phenoxy) is 1. The molecule has 6 nitrogen and oxygen atoms in total. The number of halogens is 1. The molecule has 0 aromatic heterocycles. The molecule has 2 atom stereocenters. The Morgan fingerprint density at radius 1 is 1.21 bits per heavy atom. The van der Waals surface area contributed by atoms with Crippen molar-refractivity contribution < 1.29 is 4.74 Å². The minimum absolute atomic E-state index is 0. The Bertz CT molecular complexity index is 363. The zero-order chi connectivity index (χ0) is 16.5. The van der Waals surface area contributed by atoms with Crippen molar-refractivity contribution >= 4 is 29.9 Å². The monoisotopic (exact) mass is 453 g/mol. The minimum atomic E-state index is 0. The molecule has 0 aromatic carbocycles. The minimum Gasteiger partial charge on any atom is -0.379 e. The average Bonchev–Trinajstić information content (AvgIpc) is 2.59. The van der Waals surface area contributed by atoms with Crippen LogP contribution >= 0.6 is 24.0 Å². The number of nitrogens with one attached hydrogen (secondary N) is 2. The second-order valence-electron chi connectivity index (χ2n) is 6.79. The van der Waals surface area contributed by atoms with E-state index in [9.17, 15) is 0 Å². The van der Waals surface area contributed by atoms with Gasteiger partial charge in [0.05, 0.1) is 13.2 Å². The molecule has 2 fully saturated rings. The van der Waals surface area contributed by atoms with Gasteiger partial charge in [0.25, 0.3) is 0 Å². The van der Waals surface area contributed by atoms with Crippen molar-refractivity contribution in [2.75, 3.05) is 59.5 Å². The van der Waals surface area contributed by atoms with E-state index in [1.807, 2.05) is 7.05 Å². The SMILES string of the molecule is CN=C(NCCN1CCCCC1)NCC(C)N1CCOCC1C.I. The van der Waals surface area contributed by atoms with Gasteiger partial charge in [-0.05, 0) is 39.8 Å². The number of piperidine rings is 1. The van der Waals surface area contributed by atoms with Crippen molar-refractivity contribution in [3.8, 4) is 0 Å². The van der Waals surface area contributed by atoms with Gasteiger partial charge in [0.2, 0.25) is 0 Å². The molecule has 0 amide bonds. The first-order valence-corrected chi connectivity index (χ1v) is 9.21. The molecule has 2 rings (SSSR count). The molecule has 0 saturated carbocycles. The van der Waals surface area contributed by atoms with Crippen molar-refractivity contribution in [2.45, 2.75) is 45.2 Å². The summed E-state index contributed by atoms with van der Waals surface area (Å²) in [5.74, 6) is 0.912. The fraction of sp³-hybridized carbons (Fsp3) is 0.941. The van der Waals surface area contributed by atoms with E-state index in [1.54, 1.807) is 0 Å². The quantitative estimate of drug-likeness (QED) is 0.362. The lowest BCUT2D eigenvalue weighted by Crippen LogP contribution is -2.53. The number of morpholine rings is 1. The Kier molecular flexibility index (Phi) is 11.2. The van der Waals surface area contributed by atoms with E-state index in [1.165, 1.54) is 32.4 Å². The smallest absolute Gasteiger partial charge is 0.191 e. The zero-order valence-corrected chi connectivity index (χ0v) is 17.9. The zero-order valence-electron chi connectivity index (χ0n) is 15.6. The third-order valence-corrected chi connectivity index (χ3v) is 4.94. The van der Waals surface area contributed by atoms with Crippen LogP contribution in [0.1, 0.15) is 33.1 Å². The summed E-state index contributed by atoms with van der Waals surface area (Å²) in [6.45, 7) is 12.7. The van der Waals surface area contributed by atoms with Gasteiger partial charge in [-0.1, -0.05) is 6.42 Å². The molecule has 0 aromatic rings. The molecule has 2 unspecified atom stereocenters. The van der Waals surface area contributed by atoms with Crippen LogP contribution in [0.15, 0.2) is 4.99 Å². The third kappa shape index (κ3) is 7.41. The van der Waals surface area contributed by atoms with Crippen LogP contribution in [-0.4, -0.2) is 87.4 Å². The van der Waals surface area contributed by atoms with Crippen LogP contribution < -0.4 is 10.6 Å². The third-order valence-electron chi connectivity index (χ3n) is 4.94. The maximum absolute atomic E-state index is 5.52. The summed E-state index contributed by atoms with van der Waals surface area (Å²) in [6.07, 6.45) is 4.09. The molecular weight excluding hydrogens is 417 g/mol. The van der Waals surface area contributed by atoms with E-state index >= 15 is 0 Å². The molecular formula is C17H36IN5O. The van der Waals surface area contributed by atoms with Crippen molar-refractivity contribution in [2.24, 2.45) is 4.99 Å². The second kappa shape index (κ2) is 12.3. The molecule has 2 N–H and O–H groups in total. The molecule has 2 heterocycles. The summed E-state index contributed by atoms with van der Waals surface area (Å²) < 4.78 is 5.52. The molecule has 0 aliphatic carbocycles. The van der Waals surface area contributed by atoms with Crippen LogP contribution in [0.3, 0.4) is 0 Å². The predicted octanol–water partition coefficient (Wildman–Crippen LogP) is 1.36. The van der Waals surface area contributed by atoms with Crippen molar-refractivity contribution in [3.63, 3.8) is 0 Å². The molecule has 2 saturated heterocycles. The van der Waals surface area contributed by atoms with E-state index in [4.69, 9.17) is 4.74 Å². The summed E-state index contributed by atoms with van der Waals surface area (Å²) >= 11 is 0. The maximum atomic E-state index is 5.52. The van der Waals surface area contributed by atoms with Gasteiger partial charge in [0, 0.05) is 45.3 Å². The number of likely N-dealkylation sites (tertiary alicyclic amines) is 1. The maximum Gasteiger partial charge on any atom is 0.191 e. The Hall–Kier alpha value is -0.120. The van der Waals surface area contributed by atoms with Crippen LogP contribution in [0.4, 0.5) is 0 Å². The summed E-state index contributed by atoms with van der Waals surface area (Å²) in [5, 5.41) is 6.90. The highest BCUT2D eigenvalue weighted by Gasteiger charge is 2.23. The highest BCUT2D eigenvalue weighted by Crippen LogP contribution is 2.10. The standard InChI is InChI=1S/C17H35N5O.HI/c1-15(22-11-12-23-14-16(22)2)13-20-17(18-3)19-7-10-21-8-5-4-6-9-21;/h15-16H,4-14H2,1-3H3,(H2,18,19,20);1H. The van der Waals surface area contributed by atoms with Crippen LogP contribution in [0, 0.1) is 0 Å². The first-order valence-electron chi connectivity index (χ1n) is 9.21. The Morgan fingerprint density at radius 2 is 1.96 bits per heavy atom. The number of guanidine groups is 1. The van der Waals surface area contributed by atoms with Gasteiger partial charge < -0.3 is 20.3 Å². The molecule has 24 heavy (non-hydrogen) atoms. The van der Waals surface area contributed by atoms with E-state index in [0.717, 1.165) is 45.4 Å². The summed E-state index contributed by atoms with van der Waals surface area (Å²) in [4.78, 5) is 9.39. The second-order valence-corrected chi connectivity index (χ2v) is 6.79. The lowest BCUT2D eigenvalue weighted by atomic mass is 10.1. The van der Waals surface area contributed by atoms with Crippen LogP contribution in [-0.2, 0) is 4.74 Å². The molecule has 2 aliphatic rings. The fourth-order valence-corrected chi connectivity index (χ4v) is 3.49. The number of nitrogens with zero attached hydrogens (tertiary/aromatic N) is 3. The van der Waals surface area contributed by atoms with Gasteiger partial charge in [-0.15, -0.1) is 24.0 Å². The van der Waals surface area contributed by atoms with Gasteiger partial charge in [-0.25, -0.2) is 0 Å². The molecule has 2 aliphatic heterocycles. The van der Waals surface area contributed by atoms with Gasteiger partial charge in [-0.3, -0.25) is 9.89 Å². The molecule has 7 heteroatoms. The number of hydrogen-bond acceptors (Lipinski definition) is 4. The predicted molar refractivity (Wildman–Crippen MR) is 112 cm³/mol. The van der Waals surface area contributed by atoms with Crippen molar-refractivity contribution in [3.05, 3.63) is 0 Å². The topological polar surface area (TPSA) is 52.1 Å². The highest BCUT2D eigenvalue weighted by molar-refractivity contribution is 14.0. The number of hydrogen-bond donors (Lipinski definition) is 2. The van der Waals surface area contributed by atoms with E-state index < -0.39 is 0 Å². The highest BCUT2D eigenvalue weighted by atomic mass is 127. The van der Waals surface area contributed by atoms with Crippen LogP contribution in [0.5, 0.6) is 0 Å². The first-order chi connectivity index (χ1) is 11.2. The summed E-state index contributed by atoms with van der Waals surface area (Å²) in [5.41, 5.74) is 0. The van der Waals surface area contributed by atoms with Crippen molar-refractivity contribution in [1.29, 1.82) is 0 Å². The summed E-state index contributed by atoms with van der Waals surface area (Å²) in [7, 11) is 1.85. The Labute approximate surface area is 164 Å².